The molecule has 0 aliphatic rings. The lowest BCUT2D eigenvalue weighted by molar-refractivity contribution is 0.309. The fraction of sp³-hybridized carbons (Fsp3) is 0.308. The van der Waals surface area contributed by atoms with Gasteiger partial charge in [-0.2, -0.15) is 0 Å². The lowest BCUT2D eigenvalue weighted by Crippen LogP contribution is -2.09. The molecule has 0 fully saturated rings. The van der Waals surface area contributed by atoms with Crippen LogP contribution in [0.4, 0.5) is 5.95 Å². The lowest BCUT2D eigenvalue weighted by atomic mass is 10.2. The van der Waals surface area contributed by atoms with Crippen LogP contribution in [0, 0.1) is 0 Å². The van der Waals surface area contributed by atoms with E-state index in [9.17, 15) is 0 Å². The molecule has 0 atom stereocenters. The number of nitrogens with zero attached hydrogens (tertiary/aromatic N) is 2. The summed E-state index contributed by atoms with van der Waals surface area (Å²) in [6.07, 6.45) is 3.89. The van der Waals surface area contributed by atoms with Crippen molar-refractivity contribution in [2.75, 3.05) is 18.2 Å². The summed E-state index contributed by atoms with van der Waals surface area (Å²) >= 11 is 0. The first-order valence-corrected chi connectivity index (χ1v) is 6.04. The number of aromatic nitrogens is 2. The van der Waals surface area contributed by atoms with Gasteiger partial charge in [0.15, 0.2) is 0 Å². The number of rotatable bonds is 5. The Morgan fingerprint density at radius 1 is 1.28 bits per heavy atom. The zero-order valence-electron chi connectivity index (χ0n) is 10.5. The van der Waals surface area contributed by atoms with Crippen molar-refractivity contribution in [1.82, 2.24) is 9.66 Å². The highest BCUT2D eigenvalue weighted by molar-refractivity contribution is 5.61. The molecular formula is C13H18N4O. The van der Waals surface area contributed by atoms with Crippen LogP contribution in [0.15, 0.2) is 30.5 Å². The monoisotopic (exact) mass is 246 g/mol. The van der Waals surface area contributed by atoms with E-state index >= 15 is 0 Å². The van der Waals surface area contributed by atoms with Gasteiger partial charge in [0.25, 0.3) is 0 Å². The molecule has 0 radical (unpaired) electrons. The zero-order chi connectivity index (χ0) is 13.0. The number of imidazole rings is 1. The third-order valence-corrected chi connectivity index (χ3v) is 2.68. The number of nitrogen functional groups attached to an aromatic ring is 2. The van der Waals surface area contributed by atoms with Crippen LogP contribution in [-0.2, 0) is 0 Å². The Balaban J connectivity index is 2.07. The Morgan fingerprint density at radius 3 is 2.56 bits per heavy atom. The van der Waals surface area contributed by atoms with E-state index in [-0.39, 0.29) is 0 Å². The number of ether oxygens (including phenoxy) is 1. The number of unbranched alkanes of at least 4 members (excludes halogenated alkanes) is 1. The first-order chi connectivity index (χ1) is 8.70. The normalized spacial score (nSPS) is 10.5. The number of benzene rings is 1. The molecule has 4 N–H and O–H groups in total. The molecule has 5 heteroatoms. The van der Waals surface area contributed by atoms with Gasteiger partial charge in [0.05, 0.1) is 18.5 Å². The highest BCUT2D eigenvalue weighted by Crippen LogP contribution is 2.21. The summed E-state index contributed by atoms with van der Waals surface area (Å²) < 4.78 is 6.90. The van der Waals surface area contributed by atoms with E-state index < -0.39 is 0 Å². The molecule has 0 unspecified atom stereocenters. The Hall–Kier alpha value is -2.17. The minimum Gasteiger partial charge on any atom is -0.494 e. The van der Waals surface area contributed by atoms with Crippen LogP contribution in [0.1, 0.15) is 19.8 Å². The smallest absolute Gasteiger partial charge is 0.219 e. The lowest BCUT2D eigenvalue weighted by Gasteiger charge is -2.05. The molecule has 0 aliphatic heterocycles. The minimum absolute atomic E-state index is 0.299. The van der Waals surface area contributed by atoms with E-state index in [4.69, 9.17) is 16.3 Å². The molecule has 0 spiro atoms. The van der Waals surface area contributed by atoms with E-state index in [2.05, 4.69) is 11.9 Å². The van der Waals surface area contributed by atoms with Crippen molar-refractivity contribution in [2.24, 2.45) is 0 Å². The molecule has 1 heterocycles. The van der Waals surface area contributed by atoms with Gasteiger partial charge < -0.3 is 16.3 Å². The summed E-state index contributed by atoms with van der Waals surface area (Å²) in [5, 5.41) is 0. The second kappa shape index (κ2) is 5.44. The van der Waals surface area contributed by atoms with Gasteiger partial charge in [-0.25, -0.2) is 9.66 Å². The summed E-state index contributed by atoms with van der Waals surface area (Å²) in [5.74, 6) is 6.76. The maximum absolute atomic E-state index is 5.59. The predicted octanol–water partition coefficient (Wildman–Crippen LogP) is 2.02. The van der Waals surface area contributed by atoms with Crippen LogP contribution >= 0.6 is 0 Å². The quantitative estimate of drug-likeness (QED) is 0.625. The second-order valence-electron chi connectivity index (χ2n) is 4.12. The third-order valence-electron chi connectivity index (χ3n) is 2.68. The van der Waals surface area contributed by atoms with E-state index in [1.54, 1.807) is 6.20 Å². The van der Waals surface area contributed by atoms with Crippen LogP contribution in [0.2, 0.25) is 0 Å². The molecule has 1 aromatic carbocycles. The van der Waals surface area contributed by atoms with Crippen LogP contribution in [-0.4, -0.2) is 16.3 Å². The van der Waals surface area contributed by atoms with Gasteiger partial charge in [0.1, 0.15) is 5.75 Å². The van der Waals surface area contributed by atoms with E-state index in [0.717, 1.165) is 36.5 Å². The van der Waals surface area contributed by atoms with Crippen molar-refractivity contribution in [3.8, 4) is 17.0 Å². The minimum atomic E-state index is 0.299. The Morgan fingerprint density at radius 2 is 2.00 bits per heavy atom. The number of anilines is 1. The van der Waals surface area contributed by atoms with Crippen molar-refractivity contribution in [3.05, 3.63) is 30.5 Å². The molecule has 96 valence electrons. The van der Waals surface area contributed by atoms with Crippen LogP contribution in [0.5, 0.6) is 5.75 Å². The Kier molecular flexibility index (Phi) is 3.72. The highest BCUT2D eigenvalue weighted by Gasteiger charge is 2.05. The number of hydrogen-bond acceptors (Lipinski definition) is 4. The maximum Gasteiger partial charge on any atom is 0.219 e. The van der Waals surface area contributed by atoms with Gasteiger partial charge in [-0.3, -0.25) is 0 Å². The van der Waals surface area contributed by atoms with Gasteiger partial charge >= 0.3 is 0 Å². The van der Waals surface area contributed by atoms with E-state index in [0.29, 0.717) is 5.95 Å². The molecule has 5 nitrogen and oxygen atoms in total. The SMILES string of the molecule is CCCCOc1ccc(-c2cn(N)c(N)n2)cc1. The molecule has 2 rings (SSSR count). The number of hydrogen-bond donors (Lipinski definition) is 2. The fourth-order valence-corrected chi connectivity index (χ4v) is 1.60. The molecule has 18 heavy (non-hydrogen) atoms. The molecule has 0 saturated carbocycles. The van der Waals surface area contributed by atoms with Crippen LogP contribution in [0.3, 0.4) is 0 Å². The molecule has 0 aliphatic carbocycles. The van der Waals surface area contributed by atoms with Gasteiger partial charge in [0.2, 0.25) is 5.95 Å². The van der Waals surface area contributed by atoms with Crippen LogP contribution in [0.25, 0.3) is 11.3 Å². The Labute approximate surface area is 106 Å². The van der Waals surface area contributed by atoms with Gasteiger partial charge in [-0.05, 0) is 30.7 Å². The standard InChI is InChI=1S/C13H18N4O/c1-2-3-8-18-11-6-4-10(5-7-11)12-9-17(15)13(14)16-12/h4-7,9H,2-3,8,15H2,1H3,(H2,14,16). The predicted molar refractivity (Wildman–Crippen MR) is 72.6 cm³/mol. The maximum atomic E-state index is 5.59. The average Bonchev–Trinajstić information content (AvgIpc) is 2.71. The highest BCUT2D eigenvalue weighted by atomic mass is 16.5. The van der Waals surface area contributed by atoms with Crippen molar-refractivity contribution >= 4 is 5.95 Å². The molecule has 0 amide bonds. The Bertz CT molecular complexity index is 485. The van der Waals surface area contributed by atoms with Crippen molar-refractivity contribution in [2.45, 2.75) is 19.8 Å². The van der Waals surface area contributed by atoms with Crippen molar-refractivity contribution in [1.29, 1.82) is 0 Å². The van der Waals surface area contributed by atoms with Gasteiger partial charge in [0, 0.05) is 5.56 Å². The van der Waals surface area contributed by atoms with Gasteiger partial charge in [-0.1, -0.05) is 13.3 Å². The molecule has 1 aromatic heterocycles. The fourth-order valence-electron chi connectivity index (χ4n) is 1.60. The summed E-state index contributed by atoms with van der Waals surface area (Å²) in [5.41, 5.74) is 7.32. The summed E-state index contributed by atoms with van der Waals surface area (Å²) in [4.78, 5) is 4.16. The molecule has 0 bridgehead atoms. The van der Waals surface area contributed by atoms with E-state index in [1.807, 2.05) is 24.3 Å². The van der Waals surface area contributed by atoms with Crippen molar-refractivity contribution in [3.63, 3.8) is 0 Å². The first-order valence-electron chi connectivity index (χ1n) is 6.04. The summed E-state index contributed by atoms with van der Waals surface area (Å²) in [6.45, 7) is 2.89. The third kappa shape index (κ3) is 2.74. The second-order valence-corrected chi connectivity index (χ2v) is 4.12. The summed E-state index contributed by atoms with van der Waals surface area (Å²) in [7, 11) is 0. The largest absolute Gasteiger partial charge is 0.494 e. The first kappa shape index (κ1) is 12.3. The van der Waals surface area contributed by atoms with Gasteiger partial charge in [-0.15, -0.1) is 0 Å². The van der Waals surface area contributed by atoms with Crippen LogP contribution < -0.4 is 16.3 Å². The zero-order valence-corrected chi connectivity index (χ0v) is 10.5. The summed E-state index contributed by atoms with van der Waals surface area (Å²) in [6, 6.07) is 7.75. The average molecular weight is 246 g/mol. The van der Waals surface area contributed by atoms with E-state index in [1.165, 1.54) is 4.68 Å². The molecule has 2 aromatic rings. The topological polar surface area (TPSA) is 79.1 Å². The number of nitrogens with two attached hydrogens (primary N) is 2. The van der Waals surface area contributed by atoms with Crippen molar-refractivity contribution < 1.29 is 4.74 Å². The molecule has 0 saturated heterocycles. The molecular weight excluding hydrogens is 228 g/mol.